The van der Waals surface area contributed by atoms with Crippen molar-refractivity contribution in [2.24, 2.45) is 0 Å². The van der Waals surface area contributed by atoms with E-state index in [0.29, 0.717) is 0 Å². The summed E-state index contributed by atoms with van der Waals surface area (Å²) in [6.45, 7) is 0. The molecule has 0 heteroatoms. The topological polar surface area (TPSA) is 0 Å². The highest BCUT2D eigenvalue weighted by atomic mass is 13.9. The fraction of sp³-hybridized carbons (Fsp3) is 0.385. The number of hydrogen-bond donors (Lipinski definition) is 0. The lowest BCUT2D eigenvalue weighted by Gasteiger charge is -1.87. The summed E-state index contributed by atoms with van der Waals surface area (Å²) in [6.07, 6.45) is 24.0. The van der Waals surface area contributed by atoms with E-state index in [2.05, 4.69) is 42.5 Å². The largest absolute Gasteiger partial charge is 0.0845 e. The molecule has 1 aliphatic rings. The van der Waals surface area contributed by atoms with Crippen molar-refractivity contribution < 1.29 is 0 Å². The van der Waals surface area contributed by atoms with Gasteiger partial charge in [0.15, 0.2) is 0 Å². The lowest BCUT2D eigenvalue weighted by atomic mass is 10.2. The molecule has 0 bridgehead atoms. The molecule has 1 aliphatic carbocycles. The SMILES string of the molecule is [C]1=CCCCC=CC=CCCC=C1. The van der Waals surface area contributed by atoms with E-state index in [0.717, 1.165) is 19.3 Å². The normalized spacial score (nSPS) is 19.1. The van der Waals surface area contributed by atoms with Gasteiger partial charge in [0.05, 0.1) is 0 Å². The minimum Gasteiger partial charge on any atom is -0.0845 e. The van der Waals surface area contributed by atoms with Gasteiger partial charge < -0.3 is 0 Å². The van der Waals surface area contributed by atoms with Crippen LogP contribution in [0.1, 0.15) is 32.1 Å². The third-order valence-corrected chi connectivity index (χ3v) is 1.93. The van der Waals surface area contributed by atoms with Crippen LogP contribution in [0.15, 0.2) is 42.5 Å². The minimum absolute atomic E-state index is 1.12. The van der Waals surface area contributed by atoms with Gasteiger partial charge in [0.2, 0.25) is 0 Å². The summed E-state index contributed by atoms with van der Waals surface area (Å²) in [5.74, 6) is 0. The van der Waals surface area contributed by atoms with Crippen LogP contribution in [0.2, 0.25) is 0 Å². The molecule has 0 fully saturated rings. The van der Waals surface area contributed by atoms with Gasteiger partial charge in [-0.15, -0.1) is 0 Å². The van der Waals surface area contributed by atoms with Crippen LogP contribution in [-0.4, -0.2) is 0 Å². The Bertz CT molecular complexity index is 192. The summed E-state index contributed by atoms with van der Waals surface area (Å²) >= 11 is 0. The van der Waals surface area contributed by atoms with Gasteiger partial charge in [-0.05, 0) is 38.2 Å². The molecular weight excluding hydrogens is 156 g/mol. The highest BCUT2D eigenvalue weighted by molar-refractivity contribution is 5.04. The van der Waals surface area contributed by atoms with Crippen LogP contribution in [0.4, 0.5) is 0 Å². The Morgan fingerprint density at radius 2 is 1.54 bits per heavy atom. The number of allylic oxidation sites excluding steroid dienone is 8. The summed E-state index contributed by atoms with van der Waals surface area (Å²) < 4.78 is 0. The number of hydrogen-bond acceptors (Lipinski definition) is 0. The first kappa shape index (κ1) is 10.0. The van der Waals surface area contributed by atoms with E-state index in [-0.39, 0.29) is 0 Å². The smallest absolute Gasteiger partial charge is 0.0230 e. The van der Waals surface area contributed by atoms with E-state index in [1.165, 1.54) is 12.8 Å². The molecule has 0 spiro atoms. The number of rotatable bonds is 0. The average molecular weight is 173 g/mol. The molecule has 0 atom stereocenters. The zero-order chi connectivity index (χ0) is 9.19. The van der Waals surface area contributed by atoms with E-state index in [9.17, 15) is 0 Å². The first-order valence-corrected chi connectivity index (χ1v) is 5.04. The summed E-state index contributed by atoms with van der Waals surface area (Å²) in [4.78, 5) is 0. The first-order valence-electron chi connectivity index (χ1n) is 5.04. The van der Waals surface area contributed by atoms with E-state index >= 15 is 0 Å². The van der Waals surface area contributed by atoms with E-state index in [4.69, 9.17) is 0 Å². The van der Waals surface area contributed by atoms with Gasteiger partial charge in [-0.25, -0.2) is 0 Å². The van der Waals surface area contributed by atoms with Crippen molar-refractivity contribution >= 4 is 0 Å². The molecule has 0 unspecified atom stereocenters. The maximum atomic E-state index is 3.17. The predicted octanol–water partition coefficient (Wildman–Crippen LogP) is 3.98. The van der Waals surface area contributed by atoms with Crippen molar-refractivity contribution in [3.63, 3.8) is 0 Å². The Labute approximate surface area is 81.4 Å². The molecule has 13 heavy (non-hydrogen) atoms. The fourth-order valence-electron chi connectivity index (χ4n) is 1.18. The summed E-state index contributed by atoms with van der Waals surface area (Å²) in [5.41, 5.74) is 0. The zero-order valence-corrected chi connectivity index (χ0v) is 8.08. The Kier molecular flexibility index (Phi) is 5.87. The molecule has 0 N–H and O–H groups in total. The molecular formula is C13H17. The van der Waals surface area contributed by atoms with Crippen LogP contribution in [0, 0.1) is 6.08 Å². The lowest BCUT2D eigenvalue weighted by Crippen LogP contribution is -1.68. The van der Waals surface area contributed by atoms with Gasteiger partial charge in [-0.1, -0.05) is 42.5 Å². The van der Waals surface area contributed by atoms with E-state index < -0.39 is 0 Å². The molecule has 0 aromatic rings. The van der Waals surface area contributed by atoms with Crippen molar-refractivity contribution in [1.29, 1.82) is 0 Å². The zero-order valence-electron chi connectivity index (χ0n) is 8.08. The van der Waals surface area contributed by atoms with Gasteiger partial charge in [0, 0.05) is 0 Å². The van der Waals surface area contributed by atoms with Crippen molar-refractivity contribution in [2.75, 3.05) is 0 Å². The van der Waals surface area contributed by atoms with Crippen LogP contribution < -0.4 is 0 Å². The average Bonchev–Trinajstić information content (AvgIpc) is 2.18. The molecule has 69 valence electrons. The van der Waals surface area contributed by atoms with Crippen LogP contribution in [0.25, 0.3) is 0 Å². The van der Waals surface area contributed by atoms with Gasteiger partial charge >= 0.3 is 0 Å². The highest BCUT2D eigenvalue weighted by Gasteiger charge is 1.80. The molecule has 0 nitrogen and oxygen atoms in total. The molecule has 1 rings (SSSR count). The fourth-order valence-corrected chi connectivity index (χ4v) is 1.18. The highest BCUT2D eigenvalue weighted by Crippen LogP contribution is 2.00. The molecule has 0 aromatic carbocycles. The monoisotopic (exact) mass is 173 g/mol. The first-order chi connectivity index (χ1) is 6.50. The standard InChI is InChI=1S/C13H17/c1-2-4-6-8-10-12-13-11-9-7-5-3-1/h1-4,9,11-12H,5-8,10H2. The quantitative estimate of drug-likeness (QED) is 0.520. The molecule has 1 radical (unpaired) electrons. The predicted molar refractivity (Wildman–Crippen MR) is 58.3 cm³/mol. The summed E-state index contributed by atoms with van der Waals surface area (Å²) in [5, 5.41) is 0. The van der Waals surface area contributed by atoms with E-state index in [1.807, 2.05) is 6.08 Å². The minimum atomic E-state index is 1.12. The summed E-state index contributed by atoms with van der Waals surface area (Å²) in [6, 6.07) is 0. The van der Waals surface area contributed by atoms with Crippen LogP contribution in [0.5, 0.6) is 0 Å². The third-order valence-electron chi connectivity index (χ3n) is 1.93. The molecule has 0 aliphatic heterocycles. The van der Waals surface area contributed by atoms with Crippen molar-refractivity contribution in [3.8, 4) is 0 Å². The molecule has 0 aromatic heterocycles. The maximum absolute atomic E-state index is 3.17. The maximum Gasteiger partial charge on any atom is -0.0230 e. The Hall–Kier alpha value is -1.04. The van der Waals surface area contributed by atoms with Crippen molar-refractivity contribution in [2.45, 2.75) is 32.1 Å². The van der Waals surface area contributed by atoms with Crippen LogP contribution >= 0.6 is 0 Å². The second-order valence-electron chi connectivity index (χ2n) is 3.14. The second-order valence-corrected chi connectivity index (χ2v) is 3.14. The Balaban J connectivity index is 2.38. The van der Waals surface area contributed by atoms with Gasteiger partial charge in [0.25, 0.3) is 0 Å². The van der Waals surface area contributed by atoms with Crippen LogP contribution in [0.3, 0.4) is 0 Å². The molecule has 0 heterocycles. The molecule has 0 saturated carbocycles. The van der Waals surface area contributed by atoms with Gasteiger partial charge in [-0.3, -0.25) is 0 Å². The Morgan fingerprint density at radius 3 is 2.46 bits per heavy atom. The lowest BCUT2D eigenvalue weighted by molar-refractivity contribution is 0.867. The molecule has 0 amide bonds. The molecule has 0 saturated heterocycles. The second kappa shape index (κ2) is 7.60. The van der Waals surface area contributed by atoms with Crippen molar-refractivity contribution in [1.82, 2.24) is 0 Å². The summed E-state index contributed by atoms with van der Waals surface area (Å²) in [7, 11) is 0. The third kappa shape index (κ3) is 6.15. The van der Waals surface area contributed by atoms with Crippen LogP contribution in [-0.2, 0) is 0 Å². The Morgan fingerprint density at radius 1 is 0.769 bits per heavy atom. The van der Waals surface area contributed by atoms with Gasteiger partial charge in [-0.2, -0.15) is 0 Å². The van der Waals surface area contributed by atoms with Crippen molar-refractivity contribution in [3.05, 3.63) is 48.6 Å². The van der Waals surface area contributed by atoms with E-state index in [1.54, 1.807) is 0 Å². The van der Waals surface area contributed by atoms with Gasteiger partial charge in [0.1, 0.15) is 0 Å².